The fraction of sp³-hybridized carbons (Fsp3) is 0.700. The SMILES string of the molecule is CC[Si](CC)(c1ccccc1)C([Si](C)(C)C)([Si](C)(C)C)[Si](C)(C)OC. The van der Waals surface area contributed by atoms with Crippen LogP contribution in [0.2, 0.25) is 68.4 Å². The number of hydrogen-bond acceptors (Lipinski definition) is 1. The van der Waals surface area contributed by atoms with E-state index in [1.807, 2.05) is 7.11 Å². The minimum atomic E-state index is -1.90. The molecule has 0 bridgehead atoms. The maximum absolute atomic E-state index is 6.53. The van der Waals surface area contributed by atoms with Gasteiger partial charge < -0.3 is 4.43 Å². The molecule has 0 saturated carbocycles. The second-order valence-electron chi connectivity index (χ2n) is 10.1. The Labute approximate surface area is 161 Å². The van der Waals surface area contributed by atoms with Crippen molar-refractivity contribution in [2.45, 2.75) is 82.2 Å². The molecule has 0 aliphatic rings. The van der Waals surface area contributed by atoms with E-state index in [1.54, 1.807) is 5.19 Å². The molecular formula is C20H42OSi4. The van der Waals surface area contributed by atoms with Crippen molar-refractivity contribution in [1.29, 1.82) is 0 Å². The lowest BCUT2D eigenvalue weighted by atomic mass is 10.4. The Morgan fingerprint density at radius 3 is 1.44 bits per heavy atom. The summed E-state index contributed by atoms with van der Waals surface area (Å²) in [7, 11) is -4.72. The molecule has 0 spiro atoms. The average molecular weight is 411 g/mol. The molecule has 25 heavy (non-hydrogen) atoms. The van der Waals surface area contributed by atoms with Gasteiger partial charge in [-0.3, -0.25) is 0 Å². The van der Waals surface area contributed by atoms with Crippen LogP contribution in [-0.4, -0.2) is 39.6 Å². The van der Waals surface area contributed by atoms with Gasteiger partial charge in [-0.1, -0.05) is 101 Å². The normalized spacial score (nSPS) is 14.7. The maximum atomic E-state index is 6.53. The zero-order chi connectivity index (χ0) is 19.7. The molecule has 0 atom stereocenters. The predicted octanol–water partition coefficient (Wildman–Crippen LogP) is 6.27. The van der Waals surface area contributed by atoms with E-state index in [4.69, 9.17) is 4.43 Å². The quantitative estimate of drug-likeness (QED) is 0.459. The fourth-order valence-electron chi connectivity index (χ4n) is 7.26. The second kappa shape index (κ2) is 7.58. The predicted molar refractivity (Wildman–Crippen MR) is 127 cm³/mol. The molecule has 0 unspecified atom stereocenters. The lowest BCUT2D eigenvalue weighted by Crippen LogP contribution is -2.81. The van der Waals surface area contributed by atoms with E-state index in [9.17, 15) is 0 Å². The Morgan fingerprint density at radius 2 is 1.16 bits per heavy atom. The third kappa shape index (κ3) is 3.35. The highest BCUT2D eigenvalue weighted by Gasteiger charge is 2.71. The zero-order valence-corrected chi connectivity index (χ0v) is 22.7. The lowest BCUT2D eigenvalue weighted by Gasteiger charge is -2.67. The first-order valence-electron chi connectivity index (χ1n) is 9.89. The third-order valence-electron chi connectivity index (χ3n) is 6.91. The molecule has 0 aromatic heterocycles. The molecule has 1 rings (SSSR count). The highest BCUT2D eigenvalue weighted by atomic mass is 28.5. The van der Waals surface area contributed by atoms with E-state index >= 15 is 0 Å². The van der Waals surface area contributed by atoms with Crippen LogP contribution in [0.25, 0.3) is 0 Å². The van der Waals surface area contributed by atoms with E-state index in [0.717, 1.165) is 0 Å². The molecule has 1 nitrogen and oxygen atoms in total. The van der Waals surface area contributed by atoms with Gasteiger partial charge in [0.05, 0.1) is 8.07 Å². The molecule has 0 aliphatic heterocycles. The van der Waals surface area contributed by atoms with Crippen LogP contribution in [0, 0.1) is 0 Å². The van der Waals surface area contributed by atoms with Crippen LogP contribution in [0.3, 0.4) is 0 Å². The van der Waals surface area contributed by atoms with Gasteiger partial charge in [0.15, 0.2) is 8.32 Å². The van der Waals surface area contributed by atoms with Crippen molar-refractivity contribution in [3.05, 3.63) is 30.3 Å². The molecule has 0 saturated heterocycles. The van der Waals surface area contributed by atoms with Crippen LogP contribution < -0.4 is 5.19 Å². The van der Waals surface area contributed by atoms with E-state index < -0.39 is 32.5 Å². The van der Waals surface area contributed by atoms with Gasteiger partial charge in [-0.05, 0) is 17.0 Å². The average Bonchev–Trinajstić information content (AvgIpc) is 2.50. The number of rotatable bonds is 8. The maximum Gasteiger partial charge on any atom is 0.184 e. The third-order valence-corrected chi connectivity index (χ3v) is 42.8. The Kier molecular flexibility index (Phi) is 7.00. The number of hydrogen-bond donors (Lipinski definition) is 0. The summed E-state index contributed by atoms with van der Waals surface area (Å²) in [6.07, 6.45) is 0. The van der Waals surface area contributed by atoms with Gasteiger partial charge in [0.25, 0.3) is 0 Å². The molecular weight excluding hydrogens is 369 g/mol. The van der Waals surface area contributed by atoms with Gasteiger partial charge in [0, 0.05) is 23.3 Å². The lowest BCUT2D eigenvalue weighted by molar-refractivity contribution is 0.400. The van der Waals surface area contributed by atoms with Crippen LogP contribution in [0.5, 0.6) is 0 Å². The molecule has 0 radical (unpaired) electrons. The first kappa shape index (κ1) is 23.1. The minimum Gasteiger partial charge on any atom is -0.421 e. The van der Waals surface area contributed by atoms with Crippen LogP contribution in [-0.2, 0) is 4.43 Å². The second-order valence-corrected chi connectivity index (χ2v) is 32.7. The van der Waals surface area contributed by atoms with Crippen molar-refractivity contribution in [3.63, 3.8) is 0 Å². The van der Waals surface area contributed by atoms with Crippen LogP contribution >= 0.6 is 0 Å². The van der Waals surface area contributed by atoms with Gasteiger partial charge >= 0.3 is 0 Å². The molecule has 0 amide bonds. The first-order chi connectivity index (χ1) is 11.3. The smallest absolute Gasteiger partial charge is 0.184 e. The van der Waals surface area contributed by atoms with Gasteiger partial charge in [-0.15, -0.1) is 0 Å². The Morgan fingerprint density at radius 1 is 0.760 bits per heavy atom. The molecule has 0 N–H and O–H groups in total. The summed E-state index contributed by atoms with van der Waals surface area (Å²) in [6, 6.07) is 14.3. The van der Waals surface area contributed by atoms with Crippen molar-refractivity contribution in [1.82, 2.24) is 0 Å². The van der Waals surface area contributed by atoms with Crippen molar-refractivity contribution in [3.8, 4) is 0 Å². The van der Waals surface area contributed by atoms with E-state index in [-0.39, 0.29) is 0 Å². The monoisotopic (exact) mass is 410 g/mol. The van der Waals surface area contributed by atoms with Gasteiger partial charge in [0.2, 0.25) is 0 Å². The van der Waals surface area contributed by atoms with Crippen LogP contribution in [0.15, 0.2) is 30.3 Å². The Balaban J connectivity index is 4.11. The summed E-state index contributed by atoms with van der Waals surface area (Å²) >= 11 is 0. The standard InChI is InChI=1S/C20H42OSi4/c1-12-25(13-2,19-17-15-14-16-18-19)20(22(4,5)6,23(7,8)9)24(10,11)21-3/h14-18H,12-13H2,1-11H3. The Hall–Kier alpha value is 0.0475. The topological polar surface area (TPSA) is 9.23 Å². The summed E-state index contributed by atoms with van der Waals surface area (Å²) in [4.78, 5) is 0. The first-order valence-corrected chi connectivity index (χ1v) is 22.2. The van der Waals surface area contributed by atoms with E-state index in [0.29, 0.717) is 3.91 Å². The largest absolute Gasteiger partial charge is 0.421 e. The van der Waals surface area contributed by atoms with Crippen molar-refractivity contribution in [2.24, 2.45) is 0 Å². The fourth-order valence-corrected chi connectivity index (χ4v) is 56.1. The molecule has 0 heterocycles. The van der Waals surface area contributed by atoms with Crippen molar-refractivity contribution in [2.75, 3.05) is 7.11 Å². The summed E-state index contributed by atoms with van der Waals surface area (Å²) in [5, 5.41) is 1.68. The summed E-state index contributed by atoms with van der Waals surface area (Å²) < 4.78 is 7.00. The molecule has 1 aromatic carbocycles. The molecule has 0 fully saturated rings. The van der Waals surface area contributed by atoms with E-state index in [2.05, 4.69) is 96.6 Å². The molecule has 0 aliphatic carbocycles. The molecule has 1 aromatic rings. The van der Waals surface area contributed by atoms with Gasteiger partial charge in [0.1, 0.15) is 0 Å². The van der Waals surface area contributed by atoms with Crippen molar-refractivity contribution < 1.29 is 4.43 Å². The highest BCUT2D eigenvalue weighted by molar-refractivity contribution is 7.31. The van der Waals surface area contributed by atoms with Gasteiger partial charge in [-0.2, -0.15) is 0 Å². The van der Waals surface area contributed by atoms with Crippen LogP contribution in [0.1, 0.15) is 13.8 Å². The van der Waals surface area contributed by atoms with E-state index in [1.165, 1.54) is 12.1 Å². The van der Waals surface area contributed by atoms with Gasteiger partial charge in [-0.25, -0.2) is 0 Å². The highest BCUT2D eigenvalue weighted by Crippen LogP contribution is 2.61. The number of benzene rings is 1. The van der Waals surface area contributed by atoms with Crippen molar-refractivity contribution >= 4 is 37.7 Å². The summed E-state index contributed by atoms with van der Waals surface area (Å²) in [6.45, 7) is 25.9. The zero-order valence-electron chi connectivity index (χ0n) is 18.7. The molecule has 144 valence electrons. The van der Waals surface area contributed by atoms with Crippen LogP contribution in [0.4, 0.5) is 0 Å². The molecule has 5 heteroatoms. The Bertz CT molecular complexity index is 537. The summed E-state index contributed by atoms with van der Waals surface area (Å²) in [5.41, 5.74) is 0. The minimum absolute atomic E-state index is 0.472. The summed E-state index contributed by atoms with van der Waals surface area (Å²) in [5.74, 6) is 0.